The molecule has 0 saturated carbocycles. The summed E-state index contributed by atoms with van der Waals surface area (Å²) < 4.78 is 21.4. The van der Waals surface area contributed by atoms with E-state index in [-0.39, 0.29) is 0 Å². The van der Waals surface area contributed by atoms with Gasteiger partial charge >= 0.3 is 19.0 Å². The molecule has 0 aromatic heterocycles. The molecule has 0 saturated heterocycles. The highest BCUT2D eigenvalue weighted by Crippen LogP contribution is 2.64. The van der Waals surface area contributed by atoms with Crippen LogP contribution in [0.2, 0.25) is 0 Å². The summed E-state index contributed by atoms with van der Waals surface area (Å²) in [6, 6.07) is 10.1. The molecule has 0 unspecified atom stereocenters. The summed E-state index contributed by atoms with van der Waals surface area (Å²) in [5.74, 6) is -0.820. The monoisotopic (exact) mass is 420 g/mol. The summed E-state index contributed by atoms with van der Waals surface area (Å²) in [4.78, 5) is 20.7. The number of halogens is 2. The molecular weight excluding hydrogens is 410 g/mol. The van der Waals surface area contributed by atoms with Crippen LogP contribution >= 0.6 is 30.8 Å². The van der Waals surface area contributed by atoms with Gasteiger partial charge in [0, 0.05) is 12.1 Å². The van der Waals surface area contributed by atoms with Crippen molar-refractivity contribution in [2.45, 2.75) is 11.0 Å². The van der Waals surface area contributed by atoms with Crippen molar-refractivity contribution in [3.63, 3.8) is 0 Å². The van der Waals surface area contributed by atoms with Crippen LogP contribution in [0.4, 0.5) is 11.4 Å². The number of nitro groups is 2. The van der Waals surface area contributed by atoms with Gasteiger partial charge in [-0.15, -0.1) is 0 Å². The number of nitrogens with zero attached hydrogens (tertiary/aromatic N) is 2. The average Bonchev–Trinajstić information content (AvgIpc) is 2.54. The second kappa shape index (κ2) is 7.49. The Morgan fingerprint density at radius 2 is 1.23 bits per heavy atom. The van der Waals surface area contributed by atoms with Gasteiger partial charge < -0.3 is 9.05 Å². The van der Waals surface area contributed by atoms with Gasteiger partial charge in [0.2, 0.25) is 15.6 Å². The lowest BCUT2D eigenvalue weighted by molar-refractivity contribution is -0.385. The summed E-state index contributed by atoms with van der Waals surface area (Å²) in [6.07, 6.45) is 0. The molecule has 2 aromatic carbocycles. The Hall–Kier alpha value is -2.35. The predicted molar refractivity (Wildman–Crippen MR) is 95.2 cm³/mol. The molecule has 138 valence electrons. The summed E-state index contributed by atoms with van der Waals surface area (Å²) in [5.41, 5.74) is -1.01. The number of hydrogen-bond acceptors (Lipinski definition) is 7. The van der Waals surface area contributed by atoms with Gasteiger partial charge in [0.1, 0.15) is 0 Å². The van der Waals surface area contributed by atoms with Crippen molar-refractivity contribution in [3.05, 3.63) is 68.8 Å². The lowest BCUT2D eigenvalue weighted by Gasteiger charge is -2.26. The number of rotatable bonds is 7. The summed E-state index contributed by atoms with van der Waals surface area (Å²) in [5, 5.41) is 22.2. The van der Waals surface area contributed by atoms with Gasteiger partial charge in [0.05, 0.1) is 9.85 Å². The van der Waals surface area contributed by atoms with Crippen LogP contribution < -0.4 is 9.05 Å². The molecule has 26 heavy (non-hydrogen) atoms. The normalized spacial score (nSPS) is 11.7. The molecule has 12 heteroatoms. The molecule has 0 heterocycles. The van der Waals surface area contributed by atoms with Crippen LogP contribution in [0.1, 0.15) is 6.92 Å². The molecule has 0 bridgehead atoms. The van der Waals surface area contributed by atoms with Crippen molar-refractivity contribution in [3.8, 4) is 11.5 Å². The smallest absolute Gasteiger partial charge is 0.407 e. The molecule has 0 aliphatic carbocycles. The maximum absolute atomic E-state index is 13.2. The lowest BCUT2D eigenvalue weighted by Crippen LogP contribution is -2.18. The first-order chi connectivity index (χ1) is 12.0. The highest BCUT2D eigenvalue weighted by molar-refractivity contribution is 7.60. The number of hydrogen-bond donors (Lipinski definition) is 0. The second-order valence-corrected chi connectivity index (χ2v) is 9.46. The first-order valence-corrected chi connectivity index (χ1v) is 9.19. The van der Waals surface area contributed by atoms with E-state index in [1.54, 1.807) is 0 Å². The SMILES string of the molecule is CC(Cl)(Cl)P(=O)(Oc1ccccc1[N+](=O)[O-])Oc1ccccc1[N+](=O)[O-]. The van der Waals surface area contributed by atoms with Crippen molar-refractivity contribution in [1.82, 2.24) is 0 Å². The van der Waals surface area contributed by atoms with Crippen molar-refractivity contribution in [2.24, 2.45) is 0 Å². The summed E-state index contributed by atoms with van der Waals surface area (Å²) in [7, 11) is -4.56. The third-order valence-corrected chi connectivity index (χ3v) is 6.12. The van der Waals surface area contributed by atoms with Crippen molar-refractivity contribution >= 4 is 42.2 Å². The van der Waals surface area contributed by atoms with Crippen LogP contribution in [0, 0.1) is 20.2 Å². The van der Waals surface area contributed by atoms with Crippen LogP contribution in [-0.4, -0.2) is 13.9 Å². The maximum Gasteiger partial charge on any atom is 0.466 e. The van der Waals surface area contributed by atoms with Crippen molar-refractivity contribution in [2.75, 3.05) is 0 Å². The molecular formula is C14H11Cl2N2O7P. The lowest BCUT2D eigenvalue weighted by atomic mass is 10.3. The standard InChI is InChI=1S/C14H11Cl2N2O7P/c1-14(15,16)26(23,24-12-8-4-2-6-10(12)17(19)20)25-13-9-5-3-7-11(13)18(21)22/h2-9H,1H3. The van der Waals surface area contributed by atoms with E-state index in [1.165, 1.54) is 36.4 Å². The van der Waals surface area contributed by atoms with E-state index in [0.29, 0.717) is 0 Å². The zero-order valence-electron chi connectivity index (χ0n) is 13.1. The molecule has 0 N–H and O–H groups in total. The van der Waals surface area contributed by atoms with E-state index in [9.17, 15) is 24.8 Å². The van der Waals surface area contributed by atoms with Gasteiger partial charge in [-0.1, -0.05) is 47.5 Å². The Bertz CT molecular complexity index is 837. The van der Waals surface area contributed by atoms with Crippen LogP contribution in [0.15, 0.2) is 48.5 Å². The Balaban J connectivity index is 2.51. The maximum atomic E-state index is 13.2. The molecule has 0 atom stereocenters. The minimum Gasteiger partial charge on any atom is -0.407 e. The van der Waals surface area contributed by atoms with Crippen LogP contribution in [0.25, 0.3) is 0 Å². The minimum absolute atomic E-state index is 0.410. The highest BCUT2D eigenvalue weighted by Gasteiger charge is 2.50. The van der Waals surface area contributed by atoms with Gasteiger partial charge in [-0.25, -0.2) is 4.57 Å². The van der Waals surface area contributed by atoms with E-state index >= 15 is 0 Å². The Morgan fingerprint density at radius 1 is 0.885 bits per heavy atom. The first-order valence-electron chi connectivity index (χ1n) is 6.89. The Kier molecular flexibility index (Phi) is 5.75. The van der Waals surface area contributed by atoms with Crippen LogP contribution in [0.5, 0.6) is 11.5 Å². The van der Waals surface area contributed by atoms with E-state index in [1.807, 2.05) is 0 Å². The molecule has 0 spiro atoms. The topological polar surface area (TPSA) is 122 Å². The fourth-order valence-corrected chi connectivity index (χ4v) is 3.41. The quantitative estimate of drug-likeness (QED) is 0.257. The van der Waals surface area contributed by atoms with E-state index in [0.717, 1.165) is 19.1 Å². The van der Waals surface area contributed by atoms with Gasteiger partial charge in [-0.3, -0.25) is 20.2 Å². The molecule has 0 radical (unpaired) electrons. The molecule has 2 aromatic rings. The number of para-hydroxylation sites is 4. The van der Waals surface area contributed by atoms with Crippen molar-refractivity contribution in [1.29, 1.82) is 0 Å². The number of alkyl halides is 2. The van der Waals surface area contributed by atoms with Crippen molar-refractivity contribution < 1.29 is 23.5 Å². The largest absolute Gasteiger partial charge is 0.466 e. The highest BCUT2D eigenvalue weighted by atomic mass is 35.5. The third kappa shape index (κ3) is 4.24. The molecule has 0 aliphatic rings. The number of benzene rings is 2. The van der Waals surface area contributed by atoms with Gasteiger partial charge in [0.25, 0.3) is 0 Å². The summed E-state index contributed by atoms with van der Waals surface area (Å²) >= 11 is 11.8. The summed E-state index contributed by atoms with van der Waals surface area (Å²) in [6.45, 7) is 1.08. The molecule has 0 amide bonds. The number of nitro benzene ring substituents is 2. The Morgan fingerprint density at radius 3 is 1.54 bits per heavy atom. The van der Waals surface area contributed by atoms with Crippen LogP contribution in [-0.2, 0) is 4.57 Å². The van der Waals surface area contributed by atoms with Gasteiger partial charge in [-0.2, -0.15) is 0 Å². The van der Waals surface area contributed by atoms with Gasteiger partial charge in [-0.05, 0) is 19.1 Å². The second-order valence-electron chi connectivity index (χ2n) is 4.97. The molecule has 0 aliphatic heterocycles. The predicted octanol–water partition coefficient (Wildman–Crippen LogP) is 5.31. The van der Waals surface area contributed by atoms with E-state index < -0.39 is 44.4 Å². The minimum atomic E-state index is -4.56. The fourth-order valence-electron chi connectivity index (χ4n) is 1.81. The molecule has 9 nitrogen and oxygen atoms in total. The van der Waals surface area contributed by atoms with E-state index in [4.69, 9.17) is 32.2 Å². The zero-order valence-corrected chi connectivity index (χ0v) is 15.5. The third-order valence-electron chi connectivity index (χ3n) is 3.04. The molecule has 2 rings (SSSR count). The zero-order chi connectivity index (χ0) is 19.5. The first kappa shape index (κ1) is 20.0. The van der Waals surface area contributed by atoms with E-state index in [2.05, 4.69) is 0 Å². The molecule has 0 fully saturated rings. The Labute approximate surface area is 157 Å². The van der Waals surface area contributed by atoms with Gasteiger partial charge in [0.15, 0.2) is 0 Å². The van der Waals surface area contributed by atoms with Crippen LogP contribution in [0.3, 0.4) is 0 Å². The average molecular weight is 421 g/mol. The fraction of sp³-hybridized carbons (Fsp3) is 0.143.